The summed E-state index contributed by atoms with van der Waals surface area (Å²) in [6, 6.07) is 19.7. The van der Waals surface area contributed by atoms with Crippen LogP contribution in [0, 0.1) is 18.3 Å². The van der Waals surface area contributed by atoms with Gasteiger partial charge in [-0.25, -0.2) is 0 Å². The molecule has 0 saturated carbocycles. The Morgan fingerprint density at radius 2 is 2.00 bits per heavy atom. The highest BCUT2D eigenvalue weighted by Crippen LogP contribution is 2.37. The summed E-state index contributed by atoms with van der Waals surface area (Å²) < 4.78 is 5.38. The predicted molar refractivity (Wildman–Crippen MR) is 96.5 cm³/mol. The number of hydrogen-bond acceptors (Lipinski definition) is 3. The van der Waals surface area contributed by atoms with Crippen LogP contribution in [0.4, 0.5) is 0 Å². The molecular weight excluding hydrogens is 312 g/mol. The second kappa shape index (κ2) is 7.33. The summed E-state index contributed by atoms with van der Waals surface area (Å²) >= 11 is 0. The van der Waals surface area contributed by atoms with E-state index in [1.54, 1.807) is 12.0 Å². The van der Waals surface area contributed by atoms with Gasteiger partial charge in [-0.3, -0.25) is 4.79 Å². The highest BCUT2D eigenvalue weighted by Gasteiger charge is 2.48. The number of hydrogen-bond donors (Lipinski definition) is 0. The van der Waals surface area contributed by atoms with E-state index in [9.17, 15) is 10.1 Å². The quantitative estimate of drug-likeness (QED) is 0.622. The Labute approximate surface area is 148 Å². The molecule has 1 aliphatic heterocycles. The minimum Gasteiger partial charge on any atom is -0.369 e. The lowest BCUT2D eigenvalue weighted by Crippen LogP contribution is -2.59. The van der Waals surface area contributed by atoms with Gasteiger partial charge < -0.3 is 9.64 Å². The zero-order valence-electron chi connectivity index (χ0n) is 14.3. The predicted octanol–water partition coefficient (Wildman–Crippen LogP) is 3.50. The van der Waals surface area contributed by atoms with Crippen molar-refractivity contribution >= 4 is 12.0 Å². The molecule has 0 N–H and O–H groups in total. The van der Waals surface area contributed by atoms with Gasteiger partial charge in [0, 0.05) is 12.7 Å². The highest BCUT2D eigenvalue weighted by atomic mass is 16.5. The van der Waals surface area contributed by atoms with Gasteiger partial charge in [0.1, 0.15) is 0 Å². The second-order valence-corrected chi connectivity index (χ2v) is 6.17. The van der Waals surface area contributed by atoms with Crippen LogP contribution >= 0.6 is 0 Å². The Hall–Kier alpha value is -2.90. The number of nitriles is 1. The van der Waals surface area contributed by atoms with Crippen molar-refractivity contribution in [3.8, 4) is 6.07 Å². The minimum atomic E-state index is -0.488. The third-order valence-electron chi connectivity index (χ3n) is 4.41. The molecule has 0 aliphatic carbocycles. The molecule has 1 amide bonds. The molecule has 0 radical (unpaired) electrons. The molecular formula is C21H20N2O2. The van der Waals surface area contributed by atoms with E-state index in [0.29, 0.717) is 5.57 Å². The van der Waals surface area contributed by atoms with E-state index in [4.69, 9.17) is 4.74 Å². The van der Waals surface area contributed by atoms with Gasteiger partial charge in [-0.15, -0.1) is 0 Å². The molecule has 1 heterocycles. The van der Waals surface area contributed by atoms with Gasteiger partial charge in [-0.1, -0.05) is 60.2 Å². The summed E-state index contributed by atoms with van der Waals surface area (Å²) in [7, 11) is 1.55. The van der Waals surface area contributed by atoms with Crippen molar-refractivity contribution in [2.24, 2.45) is 0 Å². The fraction of sp³-hybridized carbons (Fsp3) is 0.238. The van der Waals surface area contributed by atoms with Gasteiger partial charge in [-0.05, 0) is 24.1 Å². The molecule has 0 bridgehead atoms. The number of rotatable bonds is 5. The highest BCUT2D eigenvalue weighted by molar-refractivity contribution is 5.89. The molecule has 1 aliphatic rings. The number of ether oxygens (including phenoxy) is 1. The van der Waals surface area contributed by atoms with Crippen molar-refractivity contribution in [2.75, 3.05) is 13.7 Å². The lowest BCUT2D eigenvalue weighted by Gasteiger charge is -2.46. The molecule has 0 spiro atoms. The standard InChI is InChI=1S/C21H20N2O2/c1-15-7-6-10-18(11-15)19-20(25-2)21(24)23(19)14-17(13-22)12-16-8-4-3-5-9-16/h3-12,19-20H,14H2,1-2H3/b17-12+/t19-,20+/m1/s1. The number of carbonyl (C=O) groups excluding carboxylic acids is 1. The topological polar surface area (TPSA) is 53.3 Å². The third-order valence-corrected chi connectivity index (χ3v) is 4.41. The van der Waals surface area contributed by atoms with Crippen molar-refractivity contribution in [3.05, 3.63) is 76.9 Å². The lowest BCUT2D eigenvalue weighted by atomic mass is 9.89. The fourth-order valence-corrected chi connectivity index (χ4v) is 3.18. The van der Waals surface area contributed by atoms with Crippen molar-refractivity contribution in [1.29, 1.82) is 5.26 Å². The van der Waals surface area contributed by atoms with Crippen LogP contribution in [0.15, 0.2) is 60.2 Å². The van der Waals surface area contributed by atoms with E-state index in [0.717, 1.165) is 16.7 Å². The average Bonchev–Trinajstić information content (AvgIpc) is 2.63. The summed E-state index contributed by atoms with van der Waals surface area (Å²) in [5, 5.41) is 9.48. The summed E-state index contributed by atoms with van der Waals surface area (Å²) in [5.74, 6) is -0.0804. The van der Waals surface area contributed by atoms with Crippen LogP contribution in [0.1, 0.15) is 22.7 Å². The number of amides is 1. The maximum atomic E-state index is 12.4. The maximum Gasteiger partial charge on any atom is 0.255 e. The van der Waals surface area contributed by atoms with Crippen LogP contribution < -0.4 is 0 Å². The maximum absolute atomic E-state index is 12.4. The lowest BCUT2D eigenvalue weighted by molar-refractivity contribution is -0.170. The number of β-lactam (4-membered cyclic amide) rings is 1. The Kier molecular flexibility index (Phi) is 4.97. The first-order valence-electron chi connectivity index (χ1n) is 8.19. The molecule has 3 rings (SSSR count). The Morgan fingerprint density at radius 3 is 2.64 bits per heavy atom. The van der Waals surface area contributed by atoms with Gasteiger partial charge >= 0.3 is 0 Å². The number of aryl methyl sites for hydroxylation is 1. The molecule has 4 nitrogen and oxygen atoms in total. The van der Waals surface area contributed by atoms with E-state index < -0.39 is 6.10 Å². The molecule has 1 fully saturated rings. The number of likely N-dealkylation sites (tertiary alicyclic amines) is 1. The van der Waals surface area contributed by atoms with Crippen LogP contribution in [-0.4, -0.2) is 30.6 Å². The number of carbonyl (C=O) groups is 1. The molecule has 2 atom stereocenters. The Bertz CT molecular complexity index is 836. The second-order valence-electron chi connectivity index (χ2n) is 6.17. The first-order valence-corrected chi connectivity index (χ1v) is 8.19. The van der Waals surface area contributed by atoms with E-state index in [1.165, 1.54) is 0 Å². The summed E-state index contributed by atoms with van der Waals surface area (Å²) in [6.45, 7) is 2.30. The summed E-state index contributed by atoms with van der Waals surface area (Å²) in [5.41, 5.74) is 3.66. The SMILES string of the molecule is CO[C@@H]1C(=O)N(C/C(C#N)=C/c2ccccc2)[C@@H]1c1cccc(C)c1. The molecule has 25 heavy (non-hydrogen) atoms. The molecule has 0 unspecified atom stereocenters. The smallest absolute Gasteiger partial charge is 0.255 e. The monoisotopic (exact) mass is 332 g/mol. The fourth-order valence-electron chi connectivity index (χ4n) is 3.18. The van der Waals surface area contributed by atoms with E-state index >= 15 is 0 Å². The molecule has 0 aromatic heterocycles. The van der Waals surface area contributed by atoms with Crippen LogP contribution in [0.2, 0.25) is 0 Å². The summed E-state index contributed by atoms with van der Waals surface area (Å²) in [6.07, 6.45) is 1.33. The number of benzene rings is 2. The van der Waals surface area contributed by atoms with E-state index in [2.05, 4.69) is 12.1 Å². The molecule has 4 heteroatoms. The number of nitrogens with zero attached hydrogens (tertiary/aromatic N) is 2. The van der Waals surface area contributed by atoms with Gasteiger partial charge in [0.2, 0.25) is 0 Å². The van der Waals surface area contributed by atoms with Crippen molar-refractivity contribution in [3.63, 3.8) is 0 Å². The van der Waals surface area contributed by atoms with Gasteiger partial charge in [0.25, 0.3) is 5.91 Å². The zero-order chi connectivity index (χ0) is 17.8. The van der Waals surface area contributed by atoms with Crippen molar-refractivity contribution in [2.45, 2.75) is 19.1 Å². The minimum absolute atomic E-state index is 0.0804. The molecule has 2 aromatic rings. The zero-order valence-corrected chi connectivity index (χ0v) is 14.3. The van der Waals surface area contributed by atoms with Crippen LogP contribution in [0.25, 0.3) is 6.08 Å². The first kappa shape index (κ1) is 16.9. The van der Waals surface area contributed by atoms with E-state index in [1.807, 2.05) is 61.5 Å². The van der Waals surface area contributed by atoms with Crippen LogP contribution in [-0.2, 0) is 9.53 Å². The Morgan fingerprint density at radius 1 is 1.24 bits per heavy atom. The molecule has 2 aromatic carbocycles. The van der Waals surface area contributed by atoms with Gasteiger partial charge in [0.15, 0.2) is 6.10 Å². The van der Waals surface area contributed by atoms with E-state index in [-0.39, 0.29) is 18.5 Å². The van der Waals surface area contributed by atoms with Crippen molar-refractivity contribution < 1.29 is 9.53 Å². The Balaban J connectivity index is 1.86. The normalized spacial score (nSPS) is 20.1. The van der Waals surface area contributed by atoms with Crippen LogP contribution in [0.3, 0.4) is 0 Å². The molecule has 1 saturated heterocycles. The van der Waals surface area contributed by atoms with Crippen molar-refractivity contribution in [1.82, 2.24) is 4.90 Å². The van der Waals surface area contributed by atoms with Crippen LogP contribution in [0.5, 0.6) is 0 Å². The third kappa shape index (κ3) is 3.47. The van der Waals surface area contributed by atoms with Gasteiger partial charge in [-0.2, -0.15) is 5.26 Å². The average molecular weight is 332 g/mol. The van der Waals surface area contributed by atoms with Gasteiger partial charge in [0.05, 0.1) is 18.7 Å². The summed E-state index contributed by atoms with van der Waals surface area (Å²) in [4.78, 5) is 14.1. The molecule has 126 valence electrons. The first-order chi connectivity index (χ1) is 12.1. The largest absolute Gasteiger partial charge is 0.369 e. The number of methoxy groups -OCH3 is 1.